The molecule has 0 saturated heterocycles. The molecule has 4 nitrogen and oxygen atoms in total. The smallest absolute Gasteiger partial charge is 0.315 e. The summed E-state index contributed by atoms with van der Waals surface area (Å²) in [6, 6.07) is 8.19. The van der Waals surface area contributed by atoms with Crippen molar-refractivity contribution in [3.05, 3.63) is 35.4 Å². The minimum Gasteiger partial charge on any atom is -0.337 e. The third kappa shape index (κ3) is 4.57. The molecule has 0 aliphatic heterocycles. The summed E-state index contributed by atoms with van der Waals surface area (Å²) in [6.45, 7) is 6.27. The Hall–Kier alpha value is -1.36. The lowest BCUT2D eigenvalue weighted by Gasteiger charge is -2.26. The fourth-order valence-electron chi connectivity index (χ4n) is 2.68. The zero-order chi connectivity index (χ0) is 16.2. The number of urea groups is 1. The lowest BCUT2D eigenvalue weighted by Crippen LogP contribution is -2.41. The topological polar surface area (TPSA) is 58.2 Å². The van der Waals surface area contributed by atoms with Gasteiger partial charge in [0.25, 0.3) is 0 Å². The van der Waals surface area contributed by atoms with Crippen molar-refractivity contribution in [2.24, 2.45) is 0 Å². The number of rotatable bonds is 4. The first-order chi connectivity index (χ1) is 10.4. The molecule has 0 aromatic heterocycles. The number of benzene rings is 1. The van der Waals surface area contributed by atoms with Gasteiger partial charge in [0.2, 0.25) is 0 Å². The molecular weight excluding hydrogens is 296 g/mol. The summed E-state index contributed by atoms with van der Waals surface area (Å²) in [6.07, 6.45) is 3.15. The van der Waals surface area contributed by atoms with Crippen LogP contribution < -0.4 is 10.6 Å². The van der Waals surface area contributed by atoms with Crippen LogP contribution in [0.3, 0.4) is 0 Å². The largest absolute Gasteiger partial charge is 0.337 e. The second kappa shape index (κ2) is 7.27. The van der Waals surface area contributed by atoms with Gasteiger partial charge in [-0.25, -0.2) is 4.79 Å². The Bertz CT molecular complexity index is 552. The van der Waals surface area contributed by atoms with Gasteiger partial charge >= 0.3 is 6.03 Å². The van der Waals surface area contributed by atoms with Crippen LogP contribution in [0, 0.1) is 0 Å². The number of amides is 2. The number of carbonyl (C=O) groups excluding carboxylic acids is 1. The molecule has 2 rings (SSSR count). The normalized spacial score (nSPS) is 19.1. The quantitative estimate of drug-likeness (QED) is 0.895. The summed E-state index contributed by atoms with van der Waals surface area (Å²) in [4.78, 5) is 12.0. The van der Waals surface area contributed by atoms with Crippen LogP contribution in [0.2, 0.25) is 0 Å². The number of carbonyl (C=O) groups is 1. The van der Waals surface area contributed by atoms with Crippen LogP contribution in [0.25, 0.3) is 0 Å². The zero-order valence-electron chi connectivity index (χ0n) is 13.6. The predicted octanol–water partition coefficient (Wildman–Crippen LogP) is 2.91. The predicted molar refractivity (Wildman–Crippen MR) is 91.4 cm³/mol. The van der Waals surface area contributed by atoms with Crippen molar-refractivity contribution in [2.75, 3.05) is 12.3 Å². The molecule has 2 N–H and O–H groups in total. The third-order valence-corrected chi connectivity index (χ3v) is 5.87. The van der Waals surface area contributed by atoms with Crippen molar-refractivity contribution >= 4 is 16.8 Å². The van der Waals surface area contributed by atoms with Gasteiger partial charge in [0.1, 0.15) is 0 Å². The van der Waals surface area contributed by atoms with E-state index in [4.69, 9.17) is 0 Å². The molecule has 2 atom stereocenters. The van der Waals surface area contributed by atoms with E-state index >= 15 is 0 Å². The van der Waals surface area contributed by atoms with Gasteiger partial charge in [-0.3, -0.25) is 4.21 Å². The van der Waals surface area contributed by atoms with E-state index in [-0.39, 0.29) is 16.8 Å². The molecule has 0 saturated carbocycles. The Kier molecular flexibility index (Phi) is 5.62. The highest BCUT2D eigenvalue weighted by atomic mass is 32.2. The first-order valence-corrected chi connectivity index (χ1v) is 9.20. The number of fused-ring (bicyclic) bond motifs is 1. The van der Waals surface area contributed by atoms with Crippen molar-refractivity contribution in [3.8, 4) is 0 Å². The van der Waals surface area contributed by atoms with Gasteiger partial charge in [-0.05, 0) is 51.2 Å². The Labute approximate surface area is 135 Å². The molecule has 22 heavy (non-hydrogen) atoms. The average molecular weight is 322 g/mol. The van der Waals surface area contributed by atoms with Gasteiger partial charge in [-0.15, -0.1) is 0 Å². The molecule has 2 amide bonds. The summed E-state index contributed by atoms with van der Waals surface area (Å²) < 4.78 is 11.7. The van der Waals surface area contributed by atoms with Crippen LogP contribution in [-0.2, 0) is 17.2 Å². The van der Waals surface area contributed by atoms with E-state index in [1.54, 1.807) is 0 Å². The number of hydrogen-bond acceptors (Lipinski definition) is 2. The van der Waals surface area contributed by atoms with Crippen molar-refractivity contribution < 1.29 is 9.00 Å². The Morgan fingerprint density at radius 3 is 2.77 bits per heavy atom. The maximum atomic E-state index is 12.0. The highest BCUT2D eigenvalue weighted by Gasteiger charge is 2.22. The summed E-state index contributed by atoms with van der Waals surface area (Å²) in [7, 11) is -0.939. The van der Waals surface area contributed by atoms with Crippen LogP contribution >= 0.6 is 0 Å². The highest BCUT2D eigenvalue weighted by molar-refractivity contribution is 7.86. The summed E-state index contributed by atoms with van der Waals surface area (Å²) >= 11 is 0. The number of nitrogens with one attached hydrogen (secondary N) is 2. The highest BCUT2D eigenvalue weighted by Crippen LogP contribution is 2.29. The Morgan fingerprint density at radius 2 is 2.05 bits per heavy atom. The summed E-state index contributed by atoms with van der Waals surface area (Å²) in [5, 5.41) is 5.86. The van der Waals surface area contributed by atoms with E-state index in [1.165, 1.54) is 11.1 Å². The Balaban J connectivity index is 1.82. The SMILES string of the molecule is CC(C)(C)S(=O)CCNC(=O)NC1CCCc2ccccc21. The molecule has 0 bridgehead atoms. The van der Waals surface area contributed by atoms with E-state index in [2.05, 4.69) is 22.8 Å². The first kappa shape index (κ1) is 17.0. The van der Waals surface area contributed by atoms with E-state index in [9.17, 15) is 9.00 Å². The molecule has 2 unspecified atom stereocenters. The standard InChI is InChI=1S/C17H26N2O2S/c1-17(2,3)22(21)12-11-18-16(20)19-15-10-6-8-13-7-4-5-9-14(13)15/h4-5,7,9,15H,6,8,10-12H2,1-3H3,(H2,18,19,20). The van der Waals surface area contributed by atoms with Crippen LogP contribution in [0.15, 0.2) is 24.3 Å². The molecule has 0 fully saturated rings. The van der Waals surface area contributed by atoms with Crippen LogP contribution in [0.5, 0.6) is 0 Å². The zero-order valence-corrected chi connectivity index (χ0v) is 14.5. The van der Waals surface area contributed by atoms with Gasteiger partial charge in [0, 0.05) is 27.8 Å². The monoisotopic (exact) mass is 322 g/mol. The van der Waals surface area contributed by atoms with Crippen molar-refractivity contribution in [1.29, 1.82) is 0 Å². The number of hydrogen-bond donors (Lipinski definition) is 2. The molecular formula is C17H26N2O2S. The van der Waals surface area contributed by atoms with Crippen LogP contribution in [0.1, 0.15) is 50.8 Å². The minimum absolute atomic E-state index is 0.0815. The van der Waals surface area contributed by atoms with E-state index < -0.39 is 10.8 Å². The summed E-state index contributed by atoms with van der Waals surface area (Å²) in [5.41, 5.74) is 2.55. The van der Waals surface area contributed by atoms with E-state index in [0.717, 1.165) is 19.3 Å². The van der Waals surface area contributed by atoms with Crippen molar-refractivity contribution in [2.45, 2.75) is 50.8 Å². The fraction of sp³-hybridized carbons (Fsp3) is 0.588. The average Bonchev–Trinajstić information content (AvgIpc) is 2.46. The summed E-state index contributed by atoms with van der Waals surface area (Å²) in [5.74, 6) is 0.484. The molecule has 0 heterocycles. The molecule has 1 aliphatic carbocycles. The van der Waals surface area contributed by atoms with E-state index in [1.807, 2.05) is 32.9 Å². The van der Waals surface area contributed by atoms with Gasteiger partial charge in [-0.2, -0.15) is 0 Å². The first-order valence-electron chi connectivity index (χ1n) is 7.88. The molecule has 1 aromatic carbocycles. The van der Waals surface area contributed by atoms with Gasteiger partial charge in [-0.1, -0.05) is 24.3 Å². The molecule has 1 aliphatic rings. The third-order valence-electron chi connectivity index (χ3n) is 3.93. The van der Waals surface area contributed by atoms with Gasteiger partial charge < -0.3 is 10.6 Å². The fourth-order valence-corrected chi connectivity index (χ4v) is 3.58. The second-order valence-corrected chi connectivity index (χ2v) is 9.03. The minimum atomic E-state index is -0.939. The number of aryl methyl sites for hydroxylation is 1. The van der Waals surface area contributed by atoms with Crippen LogP contribution in [0.4, 0.5) is 4.79 Å². The molecule has 5 heteroatoms. The van der Waals surface area contributed by atoms with Gasteiger partial charge in [0.05, 0.1) is 6.04 Å². The van der Waals surface area contributed by atoms with Crippen molar-refractivity contribution in [3.63, 3.8) is 0 Å². The maximum absolute atomic E-state index is 12.0. The molecule has 122 valence electrons. The van der Waals surface area contributed by atoms with Gasteiger partial charge in [0.15, 0.2) is 0 Å². The molecule has 0 spiro atoms. The van der Waals surface area contributed by atoms with Crippen molar-refractivity contribution in [1.82, 2.24) is 10.6 Å². The second-order valence-electron chi connectivity index (χ2n) is 6.71. The van der Waals surface area contributed by atoms with E-state index in [0.29, 0.717) is 12.3 Å². The maximum Gasteiger partial charge on any atom is 0.315 e. The Morgan fingerprint density at radius 1 is 1.32 bits per heavy atom. The lowest BCUT2D eigenvalue weighted by atomic mass is 9.88. The molecule has 1 aromatic rings. The molecule has 0 radical (unpaired) electrons. The van der Waals surface area contributed by atoms with Crippen LogP contribution in [-0.4, -0.2) is 27.3 Å². The lowest BCUT2D eigenvalue weighted by molar-refractivity contribution is 0.236.